The van der Waals surface area contributed by atoms with E-state index in [1.807, 2.05) is 12.1 Å². The summed E-state index contributed by atoms with van der Waals surface area (Å²) in [7, 11) is 0. The molecule has 0 atom stereocenters. The van der Waals surface area contributed by atoms with Gasteiger partial charge in [0.05, 0.1) is 0 Å². The highest BCUT2D eigenvalue weighted by Gasteiger charge is 2.03. The van der Waals surface area contributed by atoms with Gasteiger partial charge in [0.25, 0.3) is 0 Å². The number of nitrogens with one attached hydrogen (secondary N) is 3. The van der Waals surface area contributed by atoms with Gasteiger partial charge in [0.2, 0.25) is 11.8 Å². The standard InChI is InChI=1S/C22H25N3O2S/c1-4-20(26)25-22(28)24-19-12-10-18(11-13-19)23-21(27)14-7-16-5-8-17(9-6-16)15(2)3/h5-15H,4H2,1-3H3,(H,23,27)(H2,24,25,26,28)/b14-7+. The lowest BCUT2D eigenvalue weighted by Gasteiger charge is -2.09. The van der Waals surface area contributed by atoms with E-state index in [1.165, 1.54) is 11.6 Å². The number of carbonyl (C=O) groups is 2. The lowest BCUT2D eigenvalue weighted by atomic mass is 10.0. The zero-order chi connectivity index (χ0) is 20.5. The molecule has 5 nitrogen and oxygen atoms in total. The van der Waals surface area contributed by atoms with Gasteiger partial charge in [-0.05, 0) is 59.6 Å². The molecule has 0 aliphatic heterocycles. The smallest absolute Gasteiger partial charge is 0.248 e. The van der Waals surface area contributed by atoms with E-state index in [0.29, 0.717) is 18.0 Å². The number of hydrogen-bond donors (Lipinski definition) is 3. The van der Waals surface area contributed by atoms with Gasteiger partial charge in [-0.15, -0.1) is 0 Å². The Bertz CT molecular complexity index is 856. The lowest BCUT2D eigenvalue weighted by Crippen LogP contribution is -2.33. The molecule has 0 saturated heterocycles. The minimum absolute atomic E-state index is 0.146. The summed E-state index contributed by atoms with van der Waals surface area (Å²) in [5.41, 5.74) is 3.63. The topological polar surface area (TPSA) is 70.2 Å². The molecule has 0 aromatic heterocycles. The van der Waals surface area contributed by atoms with Crippen molar-refractivity contribution in [1.82, 2.24) is 5.32 Å². The molecule has 0 spiro atoms. The molecule has 2 rings (SSSR count). The predicted molar refractivity (Wildman–Crippen MR) is 119 cm³/mol. The second-order valence-electron chi connectivity index (χ2n) is 6.58. The van der Waals surface area contributed by atoms with E-state index in [4.69, 9.17) is 12.2 Å². The molecule has 0 saturated carbocycles. The van der Waals surface area contributed by atoms with E-state index in [9.17, 15) is 9.59 Å². The average Bonchev–Trinajstić information content (AvgIpc) is 2.68. The highest BCUT2D eigenvalue weighted by Crippen LogP contribution is 2.16. The molecular weight excluding hydrogens is 370 g/mol. The van der Waals surface area contributed by atoms with Gasteiger partial charge in [0.15, 0.2) is 5.11 Å². The van der Waals surface area contributed by atoms with Crippen molar-refractivity contribution in [3.8, 4) is 0 Å². The van der Waals surface area contributed by atoms with Gasteiger partial charge in [-0.25, -0.2) is 0 Å². The van der Waals surface area contributed by atoms with Crippen LogP contribution in [0.4, 0.5) is 11.4 Å². The third kappa shape index (κ3) is 6.96. The summed E-state index contributed by atoms with van der Waals surface area (Å²) in [6.07, 6.45) is 3.65. The Morgan fingerprint density at radius 3 is 2.07 bits per heavy atom. The SMILES string of the molecule is CCC(=O)NC(=S)Nc1ccc(NC(=O)/C=C/c2ccc(C(C)C)cc2)cc1. The van der Waals surface area contributed by atoms with E-state index < -0.39 is 0 Å². The third-order valence-electron chi connectivity index (χ3n) is 4.01. The molecule has 146 valence electrons. The molecule has 0 bridgehead atoms. The molecule has 0 radical (unpaired) electrons. The van der Waals surface area contributed by atoms with E-state index >= 15 is 0 Å². The maximum absolute atomic E-state index is 12.1. The molecule has 2 aromatic carbocycles. The summed E-state index contributed by atoms with van der Waals surface area (Å²) in [5.74, 6) is 0.127. The van der Waals surface area contributed by atoms with Crippen LogP contribution in [0.5, 0.6) is 0 Å². The number of carbonyl (C=O) groups excluding carboxylic acids is 2. The number of rotatable bonds is 6. The van der Waals surface area contributed by atoms with Crippen LogP contribution in [0.25, 0.3) is 6.08 Å². The first-order valence-electron chi connectivity index (χ1n) is 9.17. The minimum atomic E-state index is -0.209. The molecule has 0 heterocycles. The van der Waals surface area contributed by atoms with Crippen molar-refractivity contribution in [2.75, 3.05) is 10.6 Å². The quantitative estimate of drug-likeness (QED) is 0.490. The minimum Gasteiger partial charge on any atom is -0.332 e. The number of benzene rings is 2. The normalized spacial score (nSPS) is 10.7. The van der Waals surface area contributed by atoms with Crippen LogP contribution in [0.2, 0.25) is 0 Å². The van der Waals surface area contributed by atoms with Crippen molar-refractivity contribution < 1.29 is 9.59 Å². The average molecular weight is 396 g/mol. The van der Waals surface area contributed by atoms with Gasteiger partial charge in [-0.2, -0.15) is 0 Å². The Labute approximate surface area is 171 Å². The Balaban J connectivity index is 1.88. The maximum Gasteiger partial charge on any atom is 0.248 e. The second-order valence-corrected chi connectivity index (χ2v) is 6.99. The number of thiocarbonyl (C=S) groups is 1. The molecule has 6 heteroatoms. The summed E-state index contributed by atoms with van der Waals surface area (Å²) >= 11 is 5.06. The fraction of sp³-hybridized carbons (Fsp3) is 0.227. The summed E-state index contributed by atoms with van der Waals surface area (Å²) < 4.78 is 0. The number of amides is 2. The van der Waals surface area contributed by atoms with Crippen molar-refractivity contribution in [3.63, 3.8) is 0 Å². The van der Waals surface area contributed by atoms with Crippen molar-refractivity contribution >= 4 is 46.6 Å². The van der Waals surface area contributed by atoms with Gasteiger partial charge < -0.3 is 16.0 Å². The zero-order valence-corrected chi connectivity index (χ0v) is 17.1. The van der Waals surface area contributed by atoms with Crippen molar-refractivity contribution in [2.24, 2.45) is 0 Å². The van der Waals surface area contributed by atoms with Crippen molar-refractivity contribution in [2.45, 2.75) is 33.1 Å². The Kier molecular flexibility index (Phi) is 7.89. The monoisotopic (exact) mass is 395 g/mol. The van der Waals surface area contributed by atoms with Crippen molar-refractivity contribution in [1.29, 1.82) is 0 Å². The van der Waals surface area contributed by atoms with Crippen LogP contribution in [0.3, 0.4) is 0 Å². The highest BCUT2D eigenvalue weighted by molar-refractivity contribution is 7.80. The van der Waals surface area contributed by atoms with E-state index in [-0.39, 0.29) is 16.9 Å². The first-order chi connectivity index (χ1) is 13.4. The summed E-state index contributed by atoms with van der Waals surface area (Å²) in [5, 5.41) is 8.54. The lowest BCUT2D eigenvalue weighted by molar-refractivity contribution is -0.119. The number of hydrogen-bond acceptors (Lipinski definition) is 3. The van der Waals surface area contributed by atoms with Crippen molar-refractivity contribution in [3.05, 3.63) is 65.7 Å². The van der Waals surface area contributed by atoms with Crippen LogP contribution in [0.15, 0.2) is 54.6 Å². The van der Waals surface area contributed by atoms with Crippen LogP contribution in [-0.4, -0.2) is 16.9 Å². The largest absolute Gasteiger partial charge is 0.332 e. The zero-order valence-electron chi connectivity index (χ0n) is 16.3. The first-order valence-corrected chi connectivity index (χ1v) is 9.58. The van der Waals surface area contributed by atoms with Crippen LogP contribution >= 0.6 is 12.2 Å². The Morgan fingerprint density at radius 1 is 0.964 bits per heavy atom. The maximum atomic E-state index is 12.1. The molecule has 0 aliphatic rings. The van der Waals surface area contributed by atoms with Crippen LogP contribution < -0.4 is 16.0 Å². The second kappa shape index (κ2) is 10.4. The molecule has 2 amide bonds. The van der Waals surface area contributed by atoms with Gasteiger partial charge in [-0.1, -0.05) is 45.0 Å². The predicted octanol–water partition coefficient (Wildman–Crippen LogP) is 4.68. The van der Waals surface area contributed by atoms with E-state index in [1.54, 1.807) is 37.3 Å². The van der Waals surface area contributed by atoms with Crippen LogP contribution in [-0.2, 0) is 9.59 Å². The molecule has 0 unspecified atom stereocenters. The molecule has 0 fully saturated rings. The summed E-state index contributed by atoms with van der Waals surface area (Å²) in [6, 6.07) is 15.2. The fourth-order valence-electron chi connectivity index (χ4n) is 2.36. The number of anilines is 2. The van der Waals surface area contributed by atoms with E-state index in [0.717, 1.165) is 11.3 Å². The Morgan fingerprint density at radius 2 is 1.54 bits per heavy atom. The van der Waals surface area contributed by atoms with Crippen LogP contribution in [0.1, 0.15) is 44.2 Å². The van der Waals surface area contributed by atoms with E-state index in [2.05, 4.69) is 41.9 Å². The molecule has 28 heavy (non-hydrogen) atoms. The fourth-order valence-corrected chi connectivity index (χ4v) is 2.59. The van der Waals surface area contributed by atoms with Gasteiger partial charge in [0, 0.05) is 23.9 Å². The molecule has 3 N–H and O–H groups in total. The molecular formula is C22H25N3O2S. The van der Waals surface area contributed by atoms with Gasteiger partial charge in [0.1, 0.15) is 0 Å². The van der Waals surface area contributed by atoms with Crippen LogP contribution in [0, 0.1) is 0 Å². The van der Waals surface area contributed by atoms with Gasteiger partial charge in [-0.3, -0.25) is 9.59 Å². The van der Waals surface area contributed by atoms with Gasteiger partial charge >= 0.3 is 0 Å². The molecule has 0 aliphatic carbocycles. The Hall–Kier alpha value is -2.99. The third-order valence-corrected chi connectivity index (χ3v) is 4.22. The first kappa shape index (κ1) is 21.3. The molecule has 2 aromatic rings. The summed E-state index contributed by atoms with van der Waals surface area (Å²) in [4.78, 5) is 23.4. The summed E-state index contributed by atoms with van der Waals surface area (Å²) in [6.45, 7) is 6.05. The highest BCUT2D eigenvalue weighted by atomic mass is 32.1.